The maximum Gasteiger partial charge on any atom is 0.411 e. The summed E-state index contributed by atoms with van der Waals surface area (Å²) in [5, 5.41) is 12.0. The van der Waals surface area contributed by atoms with Crippen LogP contribution in [0.15, 0.2) is 18.2 Å². The van der Waals surface area contributed by atoms with E-state index < -0.39 is 41.0 Å². The van der Waals surface area contributed by atoms with Crippen LogP contribution in [0.4, 0.5) is 10.5 Å². The fraction of sp³-hybridized carbons (Fsp3) is 0.474. The summed E-state index contributed by atoms with van der Waals surface area (Å²) < 4.78 is 10.2. The molecule has 1 fully saturated rings. The number of hydrogen-bond acceptors (Lipinski definition) is 6. The lowest BCUT2D eigenvalue weighted by Crippen LogP contribution is -2.44. The maximum atomic E-state index is 12.9. The van der Waals surface area contributed by atoms with Crippen LogP contribution in [0.25, 0.3) is 0 Å². The Labute approximate surface area is 161 Å². The highest BCUT2D eigenvalue weighted by Gasteiger charge is 2.58. The molecule has 1 saturated heterocycles. The van der Waals surface area contributed by atoms with E-state index in [1.54, 1.807) is 20.8 Å². The van der Waals surface area contributed by atoms with Gasteiger partial charge in [0.25, 0.3) is 0 Å². The van der Waals surface area contributed by atoms with Crippen LogP contribution in [0.2, 0.25) is 0 Å². The van der Waals surface area contributed by atoms with Crippen molar-refractivity contribution in [2.75, 3.05) is 19.0 Å². The minimum absolute atomic E-state index is 0.0139. The van der Waals surface area contributed by atoms with Crippen molar-refractivity contribution >= 4 is 29.6 Å². The molecule has 0 unspecified atom stereocenters. The van der Waals surface area contributed by atoms with Gasteiger partial charge in [0.1, 0.15) is 11.6 Å². The zero-order valence-electron chi connectivity index (χ0n) is 16.1. The van der Waals surface area contributed by atoms with Crippen molar-refractivity contribution in [3.63, 3.8) is 0 Å². The molecule has 1 aromatic rings. The van der Waals surface area contributed by atoms with E-state index in [1.807, 2.05) is 0 Å². The van der Waals surface area contributed by atoms with Gasteiger partial charge in [-0.05, 0) is 51.0 Å². The van der Waals surface area contributed by atoms with E-state index in [0.717, 1.165) is 0 Å². The summed E-state index contributed by atoms with van der Waals surface area (Å²) in [6.07, 6.45) is -0.767. The minimum atomic E-state index is -1.25. The number of rotatable bonds is 2. The predicted octanol–water partition coefficient (Wildman–Crippen LogP) is 1.76. The van der Waals surface area contributed by atoms with Crippen LogP contribution < -0.4 is 5.32 Å². The van der Waals surface area contributed by atoms with Gasteiger partial charge in [0.15, 0.2) is 0 Å². The van der Waals surface area contributed by atoms with Crippen molar-refractivity contribution in [2.24, 2.45) is 0 Å². The summed E-state index contributed by atoms with van der Waals surface area (Å²) >= 11 is 0. The van der Waals surface area contributed by atoms with Gasteiger partial charge in [0, 0.05) is 12.2 Å². The number of ether oxygens (including phenoxy) is 2. The highest BCUT2D eigenvalue weighted by molar-refractivity contribution is 6.08. The number of anilines is 1. The number of amides is 2. The molecule has 2 atom stereocenters. The predicted molar refractivity (Wildman–Crippen MR) is 97.1 cm³/mol. The Bertz CT molecular complexity index is 874. The summed E-state index contributed by atoms with van der Waals surface area (Å²) in [7, 11) is 1.20. The van der Waals surface area contributed by atoms with Crippen LogP contribution in [0.3, 0.4) is 0 Å². The molecular formula is C19H22N2O7. The topological polar surface area (TPSA) is 122 Å². The first-order valence-electron chi connectivity index (χ1n) is 8.75. The molecule has 9 nitrogen and oxygen atoms in total. The van der Waals surface area contributed by atoms with Crippen LogP contribution in [-0.2, 0) is 24.5 Å². The molecule has 2 aliphatic rings. The molecule has 28 heavy (non-hydrogen) atoms. The van der Waals surface area contributed by atoms with Gasteiger partial charge < -0.3 is 19.9 Å². The number of carboxylic acid groups (broad SMARTS) is 1. The van der Waals surface area contributed by atoms with Gasteiger partial charge in [0.2, 0.25) is 5.91 Å². The van der Waals surface area contributed by atoms with Crippen molar-refractivity contribution in [3.8, 4) is 0 Å². The lowest BCUT2D eigenvalue weighted by Gasteiger charge is -2.27. The first kappa shape index (κ1) is 19.7. The molecule has 0 bridgehead atoms. The number of aromatic carboxylic acids is 1. The number of hydrogen-bond donors (Lipinski definition) is 2. The van der Waals surface area contributed by atoms with E-state index in [9.17, 15) is 24.3 Å². The van der Waals surface area contributed by atoms with Gasteiger partial charge in [-0.3, -0.25) is 9.69 Å². The Morgan fingerprint density at radius 1 is 1.29 bits per heavy atom. The number of nitrogens with zero attached hydrogens (tertiary/aromatic N) is 1. The number of carbonyl (C=O) groups excluding carboxylic acids is 3. The zero-order valence-corrected chi connectivity index (χ0v) is 16.1. The number of carbonyl (C=O) groups is 4. The van der Waals surface area contributed by atoms with Gasteiger partial charge in [-0.15, -0.1) is 0 Å². The maximum absolute atomic E-state index is 12.9. The third kappa shape index (κ3) is 3.17. The number of esters is 1. The number of benzene rings is 1. The van der Waals surface area contributed by atoms with Crippen molar-refractivity contribution in [1.29, 1.82) is 0 Å². The third-order valence-electron chi connectivity index (χ3n) is 4.92. The SMILES string of the molecule is COC(=O)[C@@H]1C[C@@]2(CN1C(=O)OC(C)(C)C)C(=O)Nc1ccc(C(=O)O)cc12. The highest BCUT2D eigenvalue weighted by Crippen LogP contribution is 2.47. The molecule has 0 radical (unpaired) electrons. The summed E-state index contributed by atoms with van der Waals surface area (Å²) in [6.45, 7) is 4.96. The molecule has 2 aliphatic heterocycles. The van der Waals surface area contributed by atoms with E-state index in [0.29, 0.717) is 11.3 Å². The number of likely N-dealkylation sites (tertiary alicyclic amines) is 1. The molecule has 1 aromatic carbocycles. The Morgan fingerprint density at radius 2 is 1.96 bits per heavy atom. The Kier molecular flexibility index (Phi) is 4.57. The molecule has 2 heterocycles. The number of methoxy groups -OCH3 is 1. The summed E-state index contributed by atoms with van der Waals surface area (Å²) in [6, 6.07) is 3.28. The molecule has 9 heteroatoms. The Hall–Kier alpha value is -3.10. The Morgan fingerprint density at radius 3 is 2.54 bits per heavy atom. The molecule has 2 amide bonds. The lowest BCUT2D eigenvalue weighted by atomic mass is 9.79. The van der Waals surface area contributed by atoms with Gasteiger partial charge >= 0.3 is 18.0 Å². The van der Waals surface area contributed by atoms with E-state index in [1.165, 1.54) is 30.2 Å². The minimum Gasteiger partial charge on any atom is -0.478 e. The van der Waals surface area contributed by atoms with Gasteiger partial charge in [-0.2, -0.15) is 0 Å². The van der Waals surface area contributed by atoms with Crippen LogP contribution in [0.1, 0.15) is 43.1 Å². The van der Waals surface area contributed by atoms with Crippen LogP contribution in [0, 0.1) is 0 Å². The molecule has 0 aromatic heterocycles. The quantitative estimate of drug-likeness (QED) is 0.738. The normalized spacial score (nSPS) is 23.4. The first-order valence-corrected chi connectivity index (χ1v) is 8.75. The van der Waals surface area contributed by atoms with E-state index in [4.69, 9.17) is 9.47 Å². The smallest absolute Gasteiger partial charge is 0.411 e. The third-order valence-corrected chi connectivity index (χ3v) is 4.92. The average Bonchev–Trinajstić information content (AvgIpc) is 3.13. The number of carboxylic acids is 1. The highest BCUT2D eigenvalue weighted by atomic mass is 16.6. The summed E-state index contributed by atoms with van der Waals surface area (Å²) in [4.78, 5) is 50.4. The van der Waals surface area contributed by atoms with Crippen LogP contribution in [0.5, 0.6) is 0 Å². The van der Waals surface area contributed by atoms with Gasteiger partial charge in [-0.25, -0.2) is 14.4 Å². The molecule has 0 aliphatic carbocycles. The van der Waals surface area contributed by atoms with Gasteiger partial charge in [0.05, 0.1) is 18.1 Å². The van der Waals surface area contributed by atoms with Crippen LogP contribution >= 0.6 is 0 Å². The lowest BCUT2D eigenvalue weighted by molar-refractivity contribution is -0.145. The molecule has 1 spiro atoms. The number of nitrogens with one attached hydrogen (secondary N) is 1. The van der Waals surface area contributed by atoms with Crippen molar-refractivity contribution in [3.05, 3.63) is 29.3 Å². The molecule has 150 valence electrons. The molecule has 3 rings (SSSR count). The van der Waals surface area contributed by atoms with Crippen molar-refractivity contribution in [1.82, 2.24) is 4.90 Å². The average molecular weight is 390 g/mol. The van der Waals surface area contributed by atoms with Crippen molar-refractivity contribution < 1.29 is 33.8 Å². The summed E-state index contributed by atoms with van der Waals surface area (Å²) in [5.74, 6) is -2.20. The second-order valence-electron chi connectivity index (χ2n) is 7.95. The van der Waals surface area contributed by atoms with Gasteiger partial charge in [-0.1, -0.05) is 0 Å². The first-order chi connectivity index (χ1) is 13.0. The second kappa shape index (κ2) is 6.50. The number of fused-ring (bicyclic) bond motifs is 2. The van der Waals surface area contributed by atoms with E-state index in [2.05, 4.69) is 5.32 Å². The Balaban J connectivity index is 2.05. The monoisotopic (exact) mass is 390 g/mol. The summed E-state index contributed by atoms with van der Waals surface area (Å²) in [5.41, 5.74) is -1.13. The standard InChI is InChI=1S/C19H22N2O7/c1-18(2,3)28-17(26)21-9-19(8-13(21)15(24)27-4)11-7-10(14(22)23)5-6-12(11)20-16(19)25/h5-7,13H,8-9H2,1-4H3,(H,20,25)(H,22,23)/t13-,19-/m0/s1. The molecule has 2 N–H and O–H groups in total. The fourth-order valence-electron chi connectivity index (χ4n) is 3.67. The largest absolute Gasteiger partial charge is 0.478 e. The second-order valence-corrected chi connectivity index (χ2v) is 7.95. The molecular weight excluding hydrogens is 368 g/mol. The molecule has 0 saturated carbocycles. The van der Waals surface area contributed by atoms with Crippen molar-refractivity contribution in [2.45, 2.75) is 44.2 Å². The van der Waals surface area contributed by atoms with E-state index >= 15 is 0 Å². The van der Waals surface area contributed by atoms with E-state index in [-0.39, 0.29) is 18.5 Å². The fourth-order valence-corrected chi connectivity index (χ4v) is 3.67. The van der Waals surface area contributed by atoms with Crippen LogP contribution in [-0.4, -0.2) is 59.2 Å². The zero-order chi connectivity index (χ0) is 20.9.